The van der Waals surface area contributed by atoms with Crippen molar-refractivity contribution in [1.29, 1.82) is 0 Å². The van der Waals surface area contributed by atoms with Gasteiger partial charge in [-0.15, -0.1) is 24.0 Å². The van der Waals surface area contributed by atoms with Crippen molar-refractivity contribution in [2.24, 2.45) is 10.9 Å². The van der Waals surface area contributed by atoms with Gasteiger partial charge in [-0.3, -0.25) is 9.89 Å². The molecule has 3 N–H and O–H groups in total. The zero-order valence-electron chi connectivity index (χ0n) is 18.8. The molecule has 1 fully saturated rings. The van der Waals surface area contributed by atoms with E-state index in [2.05, 4.69) is 20.9 Å². The summed E-state index contributed by atoms with van der Waals surface area (Å²) in [4.78, 5) is 17.9. The normalized spacial score (nSPS) is 18.6. The quantitative estimate of drug-likeness (QED) is 0.257. The van der Waals surface area contributed by atoms with Crippen LogP contribution in [0.15, 0.2) is 4.99 Å². The number of alkyl carbamates (subject to hydrolysis) is 1. The van der Waals surface area contributed by atoms with Crippen LogP contribution in [0.4, 0.5) is 18.0 Å². The van der Waals surface area contributed by atoms with E-state index in [1.54, 1.807) is 20.8 Å². The molecule has 1 amide bonds. The molecule has 0 bridgehead atoms. The number of carbonyl (C=O) groups excluding carboxylic acids is 1. The molecule has 0 aliphatic carbocycles. The molecule has 0 spiro atoms. The standard InChI is InChI=1S/C19H36F3N5O2.HI/c1-7-23-15(24-10-14-8-9-27(11-14)13-19(20,21)22)25-12-18(5,6)26-16(28)29-17(2,3)4;/h14H,7-13H2,1-6H3,(H,26,28)(H2,23,24,25);1H. The maximum atomic E-state index is 12.5. The van der Waals surface area contributed by atoms with Crippen molar-refractivity contribution < 1.29 is 22.7 Å². The van der Waals surface area contributed by atoms with Crippen molar-refractivity contribution in [3.63, 3.8) is 0 Å². The number of ether oxygens (including phenoxy) is 1. The molecule has 11 heteroatoms. The highest BCUT2D eigenvalue weighted by molar-refractivity contribution is 14.0. The molecule has 0 aromatic rings. The number of carbonyl (C=O) groups is 1. The molecule has 1 aliphatic rings. The molecule has 178 valence electrons. The van der Waals surface area contributed by atoms with Crippen LogP contribution in [0.2, 0.25) is 0 Å². The fraction of sp³-hybridized carbons (Fsp3) is 0.895. The molecule has 1 aliphatic heterocycles. The molecule has 1 heterocycles. The maximum absolute atomic E-state index is 12.5. The monoisotopic (exact) mass is 551 g/mol. The van der Waals surface area contributed by atoms with Gasteiger partial charge < -0.3 is 20.7 Å². The van der Waals surface area contributed by atoms with E-state index in [0.717, 1.165) is 0 Å². The Kier molecular flexibility index (Phi) is 11.8. The van der Waals surface area contributed by atoms with Gasteiger partial charge >= 0.3 is 12.3 Å². The number of amides is 1. The number of guanidine groups is 1. The van der Waals surface area contributed by atoms with Crippen molar-refractivity contribution in [3.05, 3.63) is 0 Å². The number of alkyl halides is 3. The summed E-state index contributed by atoms with van der Waals surface area (Å²) < 4.78 is 42.8. The number of hydrogen-bond acceptors (Lipinski definition) is 4. The Labute approximate surface area is 195 Å². The van der Waals surface area contributed by atoms with Gasteiger partial charge in [0, 0.05) is 19.6 Å². The molecule has 1 atom stereocenters. The fourth-order valence-corrected chi connectivity index (χ4v) is 2.96. The number of nitrogens with zero attached hydrogens (tertiary/aromatic N) is 2. The van der Waals surface area contributed by atoms with Gasteiger partial charge in [0.25, 0.3) is 0 Å². The minimum Gasteiger partial charge on any atom is -0.444 e. The zero-order chi connectivity index (χ0) is 22.3. The van der Waals surface area contributed by atoms with Crippen LogP contribution < -0.4 is 16.0 Å². The molecular formula is C19H37F3IN5O2. The zero-order valence-corrected chi connectivity index (χ0v) is 21.1. The smallest absolute Gasteiger partial charge is 0.408 e. The summed E-state index contributed by atoms with van der Waals surface area (Å²) in [5.41, 5.74) is -1.21. The average Bonchev–Trinajstić information content (AvgIpc) is 2.92. The third-order valence-electron chi connectivity index (χ3n) is 4.15. The number of aliphatic imine (C=N–C) groups is 1. The summed E-state index contributed by atoms with van der Waals surface area (Å²) in [7, 11) is 0. The predicted molar refractivity (Wildman–Crippen MR) is 123 cm³/mol. The number of nitrogens with one attached hydrogen (secondary N) is 3. The topological polar surface area (TPSA) is 78.0 Å². The molecule has 1 saturated heterocycles. The molecule has 0 saturated carbocycles. The summed E-state index contributed by atoms with van der Waals surface area (Å²) in [5.74, 6) is 0.704. The first-order valence-corrected chi connectivity index (χ1v) is 10.0. The number of hydrogen-bond donors (Lipinski definition) is 3. The van der Waals surface area contributed by atoms with Crippen LogP contribution in [0, 0.1) is 5.92 Å². The van der Waals surface area contributed by atoms with E-state index in [1.165, 1.54) is 4.90 Å². The SMILES string of the molecule is CCNC(=NCC(C)(C)NC(=O)OC(C)(C)C)NCC1CCN(CC(F)(F)F)C1.I. The van der Waals surface area contributed by atoms with Crippen molar-refractivity contribution in [1.82, 2.24) is 20.9 Å². The highest BCUT2D eigenvalue weighted by Gasteiger charge is 2.34. The van der Waals surface area contributed by atoms with Gasteiger partial charge in [0.1, 0.15) is 5.60 Å². The highest BCUT2D eigenvalue weighted by Crippen LogP contribution is 2.22. The van der Waals surface area contributed by atoms with E-state index in [-0.39, 0.29) is 29.9 Å². The van der Waals surface area contributed by atoms with Crippen molar-refractivity contribution in [2.75, 3.05) is 39.3 Å². The van der Waals surface area contributed by atoms with E-state index in [9.17, 15) is 18.0 Å². The van der Waals surface area contributed by atoms with Gasteiger partial charge in [-0.2, -0.15) is 13.2 Å². The Morgan fingerprint density at radius 2 is 1.80 bits per heavy atom. The molecular weight excluding hydrogens is 514 g/mol. The third kappa shape index (κ3) is 13.3. The summed E-state index contributed by atoms with van der Waals surface area (Å²) in [6.45, 7) is 12.5. The van der Waals surface area contributed by atoms with Crippen LogP contribution in [-0.4, -0.2) is 73.5 Å². The van der Waals surface area contributed by atoms with E-state index in [4.69, 9.17) is 4.74 Å². The number of rotatable bonds is 7. The van der Waals surface area contributed by atoms with Gasteiger partial charge in [0.2, 0.25) is 0 Å². The molecule has 0 aromatic heterocycles. The summed E-state index contributed by atoms with van der Waals surface area (Å²) in [5, 5.41) is 9.12. The summed E-state index contributed by atoms with van der Waals surface area (Å²) >= 11 is 0. The number of halogens is 4. The van der Waals surface area contributed by atoms with Crippen LogP contribution >= 0.6 is 24.0 Å². The van der Waals surface area contributed by atoms with E-state index >= 15 is 0 Å². The van der Waals surface area contributed by atoms with Gasteiger partial charge in [-0.05, 0) is 60.4 Å². The second-order valence-corrected chi connectivity index (χ2v) is 9.09. The third-order valence-corrected chi connectivity index (χ3v) is 4.15. The van der Waals surface area contributed by atoms with E-state index in [1.807, 2.05) is 20.8 Å². The Bertz CT molecular complexity index is 565. The van der Waals surface area contributed by atoms with Crippen LogP contribution in [-0.2, 0) is 4.74 Å². The van der Waals surface area contributed by atoms with Crippen molar-refractivity contribution in [3.8, 4) is 0 Å². The second kappa shape index (κ2) is 12.2. The minimum absolute atomic E-state index is 0. The maximum Gasteiger partial charge on any atom is 0.408 e. The van der Waals surface area contributed by atoms with E-state index < -0.39 is 30.0 Å². The molecule has 0 aromatic carbocycles. The fourth-order valence-electron chi connectivity index (χ4n) is 2.96. The predicted octanol–water partition coefficient (Wildman–Crippen LogP) is 3.35. The van der Waals surface area contributed by atoms with Gasteiger partial charge in [0.05, 0.1) is 18.6 Å². The first-order valence-electron chi connectivity index (χ1n) is 10.0. The Morgan fingerprint density at radius 1 is 1.17 bits per heavy atom. The van der Waals surface area contributed by atoms with Gasteiger partial charge in [-0.25, -0.2) is 4.79 Å². The molecule has 7 nitrogen and oxygen atoms in total. The Hall–Kier alpha value is -0.980. The highest BCUT2D eigenvalue weighted by atomic mass is 127. The average molecular weight is 551 g/mol. The molecule has 0 radical (unpaired) electrons. The van der Waals surface area contributed by atoms with Gasteiger partial charge in [-0.1, -0.05) is 0 Å². The Balaban J connectivity index is 0.00000841. The van der Waals surface area contributed by atoms with Crippen LogP contribution in [0.25, 0.3) is 0 Å². The van der Waals surface area contributed by atoms with Crippen LogP contribution in [0.5, 0.6) is 0 Å². The van der Waals surface area contributed by atoms with Crippen LogP contribution in [0.3, 0.4) is 0 Å². The lowest BCUT2D eigenvalue weighted by molar-refractivity contribution is -0.143. The number of likely N-dealkylation sites (tertiary alicyclic amines) is 1. The van der Waals surface area contributed by atoms with E-state index in [0.29, 0.717) is 45.1 Å². The van der Waals surface area contributed by atoms with Gasteiger partial charge in [0.15, 0.2) is 5.96 Å². The minimum atomic E-state index is -4.16. The molecule has 1 rings (SSSR count). The van der Waals surface area contributed by atoms with Crippen LogP contribution in [0.1, 0.15) is 48.0 Å². The molecule has 1 unspecified atom stereocenters. The van der Waals surface area contributed by atoms with Crippen molar-refractivity contribution >= 4 is 36.0 Å². The summed E-state index contributed by atoms with van der Waals surface area (Å²) in [6.07, 6.45) is -3.95. The summed E-state index contributed by atoms with van der Waals surface area (Å²) in [6, 6.07) is 0. The molecule has 30 heavy (non-hydrogen) atoms. The lowest BCUT2D eigenvalue weighted by Crippen LogP contribution is -2.49. The Morgan fingerprint density at radius 3 is 2.33 bits per heavy atom. The lowest BCUT2D eigenvalue weighted by atomic mass is 10.1. The largest absolute Gasteiger partial charge is 0.444 e. The van der Waals surface area contributed by atoms with Crippen molar-refractivity contribution in [2.45, 2.75) is 65.3 Å². The first kappa shape index (κ1) is 29.0. The second-order valence-electron chi connectivity index (χ2n) is 9.09. The lowest BCUT2D eigenvalue weighted by Gasteiger charge is -2.27. The first-order chi connectivity index (χ1) is 13.2.